The summed E-state index contributed by atoms with van der Waals surface area (Å²) in [6, 6.07) is 0.808. The highest BCUT2D eigenvalue weighted by atomic mass is 35.5. The molecule has 0 aromatic carbocycles. The summed E-state index contributed by atoms with van der Waals surface area (Å²) < 4.78 is 0. The van der Waals surface area contributed by atoms with Crippen molar-refractivity contribution in [2.24, 2.45) is 11.8 Å². The highest BCUT2D eigenvalue weighted by Crippen LogP contribution is 2.23. The van der Waals surface area contributed by atoms with E-state index in [1.54, 1.807) is 0 Å². The summed E-state index contributed by atoms with van der Waals surface area (Å²) in [7, 11) is 2.35. The van der Waals surface area contributed by atoms with Crippen molar-refractivity contribution < 1.29 is 0 Å². The molecule has 2 aliphatic heterocycles. The molecule has 2 rings (SSSR count). The van der Waals surface area contributed by atoms with Crippen LogP contribution in [0, 0.1) is 11.8 Å². The lowest BCUT2D eigenvalue weighted by Gasteiger charge is -2.42. The van der Waals surface area contributed by atoms with Crippen LogP contribution < -0.4 is 5.32 Å². The Morgan fingerprint density at radius 2 is 1.89 bits per heavy atom. The Kier molecular flexibility index (Phi) is 7.66. The van der Waals surface area contributed by atoms with Crippen LogP contribution in [-0.4, -0.2) is 62.2 Å². The Morgan fingerprint density at radius 1 is 1.21 bits per heavy atom. The van der Waals surface area contributed by atoms with Crippen molar-refractivity contribution in [2.45, 2.75) is 39.2 Å². The molecule has 2 heterocycles. The van der Waals surface area contributed by atoms with E-state index >= 15 is 0 Å². The third-order valence-electron chi connectivity index (χ3n) is 4.96. The van der Waals surface area contributed by atoms with Crippen LogP contribution in [0.4, 0.5) is 0 Å². The van der Waals surface area contributed by atoms with E-state index in [1.807, 2.05) is 0 Å². The number of halogens is 1. The third kappa shape index (κ3) is 4.89. The van der Waals surface area contributed by atoms with Gasteiger partial charge in [0, 0.05) is 19.1 Å². The molecule has 0 aromatic rings. The number of hydrogen-bond acceptors (Lipinski definition) is 3. The van der Waals surface area contributed by atoms with E-state index in [-0.39, 0.29) is 12.4 Å². The molecule has 0 amide bonds. The number of hydrogen-bond donors (Lipinski definition) is 1. The van der Waals surface area contributed by atoms with E-state index in [0.29, 0.717) is 0 Å². The zero-order valence-corrected chi connectivity index (χ0v) is 13.7. The summed E-state index contributed by atoms with van der Waals surface area (Å²) in [6.07, 6.45) is 4.09. The maximum atomic E-state index is 3.46. The van der Waals surface area contributed by atoms with Crippen LogP contribution >= 0.6 is 12.4 Å². The lowest BCUT2D eigenvalue weighted by Crippen LogP contribution is -2.50. The second-order valence-corrected chi connectivity index (χ2v) is 6.36. The predicted molar refractivity (Wildman–Crippen MR) is 85.2 cm³/mol. The van der Waals surface area contributed by atoms with Crippen LogP contribution in [0.3, 0.4) is 0 Å². The first kappa shape index (κ1) is 17.2. The van der Waals surface area contributed by atoms with Gasteiger partial charge in [0.2, 0.25) is 0 Å². The van der Waals surface area contributed by atoms with Gasteiger partial charge in [0.05, 0.1) is 0 Å². The molecule has 2 aliphatic rings. The van der Waals surface area contributed by atoms with Gasteiger partial charge in [-0.15, -0.1) is 12.4 Å². The molecule has 2 atom stereocenters. The number of nitrogens with one attached hydrogen (secondary N) is 1. The first-order chi connectivity index (χ1) is 8.70. The molecule has 114 valence electrons. The number of piperidine rings is 2. The van der Waals surface area contributed by atoms with Crippen LogP contribution in [0.15, 0.2) is 0 Å². The summed E-state index contributed by atoms with van der Waals surface area (Å²) in [5.41, 5.74) is 0. The van der Waals surface area contributed by atoms with Crippen molar-refractivity contribution in [3.63, 3.8) is 0 Å². The van der Waals surface area contributed by atoms with Crippen LogP contribution in [-0.2, 0) is 0 Å². The second kappa shape index (κ2) is 8.46. The largest absolute Gasteiger partial charge is 0.317 e. The Morgan fingerprint density at radius 3 is 2.47 bits per heavy atom. The van der Waals surface area contributed by atoms with Gasteiger partial charge in [-0.25, -0.2) is 0 Å². The van der Waals surface area contributed by atoms with Crippen molar-refractivity contribution in [3.05, 3.63) is 0 Å². The molecule has 0 aliphatic carbocycles. The van der Waals surface area contributed by atoms with Gasteiger partial charge in [0.25, 0.3) is 0 Å². The zero-order valence-electron chi connectivity index (χ0n) is 12.9. The Labute approximate surface area is 125 Å². The first-order valence-electron chi connectivity index (χ1n) is 7.84. The number of rotatable bonds is 4. The molecule has 4 heteroatoms. The van der Waals surface area contributed by atoms with E-state index < -0.39 is 0 Å². The first-order valence-corrected chi connectivity index (χ1v) is 7.84. The Bertz CT molecular complexity index is 244. The van der Waals surface area contributed by atoms with Crippen molar-refractivity contribution in [1.29, 1.82) is 0 Å². The quantitative estimate of drug-likeness (QED) is 0.855. The SMILES string of the molecule is CCN1CCC(N(C)CC2CCNCC2)C(C)C1.Cl. The van der Waals surface area contributed by atoms with Crippen molar-refractivity contribution in [3.8, 4) is 0 Å². The van der Waals surface area contributed by atoms with Crippen LogP contribution in [0.2, 0.25) is 0 Å². The molecule has 2 fully saturated rings. The van der Waals surface area contributed by atoms with E-state index in [4.69, 9.17) is 0 Å². The number of likely N-dealkylation sites (tertiary alicyclic amines) is 1. The summed E-state index contributed by atoms with van der Waals surface area (Å²) in [4.78, 5) is 5.26. The molecule has 0 radical (unpaired) electrons. The molecule has 0 bridgehead atoms. The number of nitrogens with zero attached hydrogens (tertiary/aromatic N) is 2. The average Bonchev–Trinajstić information content (AvgIpc) is 2.39. The lowest BCUT2D eigenvalue weighted by molar-refractivity contribution is 0.0696. The topological polar surface area (TPSA) is 18.5 Å². The Hall–Kier alpha value is 0.170. The minimum absolute atomic E-state index is 0. The highest BCUT2D eigenvalue weighted by Gasteiger charge is 2.29. The molecular weight excluding hydrogens is 258 g/mol. The molecule has 0 saturated carbocycles. The normalized spacial score (nSPS) is 30.3. The molecule has 2 unspecified atom stereocenters. The molecule has 2 saturated heterocycles. The third-order valence-corrected chi connectivity index (χ3v) is 4.96. The van der Waals surface area contributed by atoms with E-state index in [0.717, 1.165) is 17.9 Å². The maximum absolute atomic E-state index is 3.46. The molecule has 0 aromatic heterocycles. The monoisotopic (exact) mass is 289 g/mol. The maximum Gasteiger partial charge on any atom is 0.0142 e. The molecule has 3 nitrogen and oxygen atoms in total. The minimum atomic E-state index is 0. The summed E-state index contributed by atoms with van der Waals surface area (Å²) in [5, 5.41) is 3.46. The zero-order chi connectivity index (χ0) is 13.0. The smallest absolute Gasteiger partial charge is 0.0142 e. The Balaban J connectivity index is 0.00000180. The molecule has 0 spiro atoms. The van der Waals surface area contributed by atoms with Gasteiger partial charge in [0.15, 0.2) is 0 Å². The summed E-state index contributed by atoms with van der Waals surface area (Å²) in [6.45, 7) is 12.3. The van der Waals surface area contributed by atoms with E-state index in [1.165, 1.54) is 58.5 Å². The van der Waals surface area contributed by atoms with Crippen molar-refractivity contribution in [1.82, 2.24) is 15.1 Å². The lowest BCUT2D eigenvalue weighted by atomic mass is 9.90. The van der Waals surface area contributed by atoms with Crippen molar-refractivity contribution >= 4 is 12.4 Å². The molecule has 19 heavy (non-hydrogen) atoms. The van der Waals surface area contributed by atoms with Crippen LogP contribution in [0.5, 0.6) is 0 Å². The second-order valence-electron chi connectivity index (χ2n) is 6.36. The van der Waals surface area contributed by atoms with E-state index in [9.17, 15) is 0 Å². The van der Waals surface area contributed by atoms with Crippen LogP contribution in [0.1, 0.15) is 33.1 Å². The van der Waals surface area contributed by atoms with Gasteiger partial charge in [-0.2, -0.15) is 0 Å². The van der Waals surface area contributed by atoms with E-state index in [2.05, 4.69) is 36.0 Å². The molecular formula is C15H32ClN3. The van der Waals surface area contributed by atoms with Gasteiger partial charge in [-0.05, 0) is 64.3 Å². The van der Waals surface area contributed by atoms with Gasteiger partial charge < -0.3 is 15.1 Å². The molecule has 1 N–H and O–H groups in total. The van der Waals surface area contributed by atoms with Gasteiger partial charge in [-0.1, -0.05) is 13.8 Å². The standard InChI is InChI=1S/C15H31N3.ClH/c1-4-18-10-7-15(13(2)11-18)17(3)12-14-5-8-16-9-6-14;/h13-16H,4-12H2,1-3H3;1H. The van der Waals surface area contributed by atoms with Gasteiger partial charge in [0.1, 0.15) is 0 Å². The van der Waals surface area contributed by atoms with Gasteiger partial charge in [-0.3, -0.25) is 0 Å². The fourth-order valence-corrected chi connectivity index (χ4v) is 3.77. The summed E-state index contributed by atoms with van der Waals surface area (Å²) in [5.74, 6) is 1.75. The van der Waals surface area contributed by atoms with Gasteiger partial charge >= 0.3 is 0 Å². The summed E-state index contributed by atoms with van der Waals surface area (Å²) >= 11 is 0. The van der Waals surface area contributed by atoms with Crippen molar-refractivity contribution in [2.75, 3.05) is 46.3 Å². The fraction of sp³-hybridized carbons (Fsp3) is 1.00. The van der Waals surface area contributed by atoms with Crippen LogP contribution in [0.25, 0.3) is 0 Å². The average molecular weight is 290 g/mol. The highest BCUT2D eigenvalue weighted by molar-refractivity contribution is 5.85. The minimum Gasteiger partial charge on any atom is -0.317 e. The fourth-order valence-electron chi connectivity index (χ4n) is 3.77. The predicted octanol–water partition coefficient (Wildman–Crippen LogP) is 2.07.